The van der Waals surface area contributed by atoms with E-state index >= 15 is 0 Å². The van der Waals surface area contributed by atoms with Gasteiger partial charge in [-0.3, -0.25) is 14.5 Å². The Morgan fingerprint density at radius 3 is 2.63 bits per heavy atom. The second kappa shape index (κ2) is 10.0. The fourth-order valence-electron chi connectivity index (χ4n) is 4.50. The molecule has 0 spiro atoms. The van der Waals surface area contributed by atoms with Gasteiger partial charge in [0, 0.05) is 17.0 Å². The molecule has 0 bridgehead atoms. The van der Waals surface area contributed by atoms with E-state index in [0.29, 0.717) is 39.4 Å². The lowest BCUT2D eigenvalue weighted by Gasteiger charge is -2.13. The molecule has 14 heteroatoms. The number of H-pyrrole nitrogens is 1. The number of methoxy groups -OCH3 is 1. The Morgan fingerprint density at radius 1 is 1.10 bits per heavy atom. The minimum absolute atomic E-state index is 0.0258. The number of carbonyl (C=O) groups is 1. The molecule has 3 aromatic carbocycles. The van der Waals surface area contributed by atoms with Gasteiger partial charge in [0.05, 0.1) is 30.4 Å². The largest absolute Gasteiger partial charge is 0.507 e. The zero-order valence-corrected chi connectivity index (χ0v) is 21.3. The van der Waals surface area contributed by atoms with Gasteiger partial charge in [-0.15, -0.1) is 10.2 Å². The van der Waals surface area contributed by atoms with Gasteiger partial charge in [-0.2, -0.15) is 18.3 Å². The summed E-state index contributed by atoms with van der Waals surface area (Å²) in [6, 6.07) is 15.4. The van der Waals surface area contributed by atoms with E-state index in [9.17, 15) is 23.1 Å². The third kappa shape index (κ3) is 5.06. The van der Waals surface area contributed by atoms with Gasteiger partial charge in [0.15, 0.2) is 17.3 Å². The summed E-state index contributed by atoms with van der Waals surface area (Å²) in [6.45, 7) is -1.52. The van der Waals surface area contributed by atoms with E-state index in [2.05, 4.69) is 20.4 Å². The molecule has 1 amide bonds. The molecule has 1 aliphatic rings. The van der Waals surface area contributed by atoms with Crippen molar-refractivity contribution in [2.24, 2.45) is 0 Å². The maximum atomic E-state index is 12.8. The van der Waals surface area contributed by atoms with Crippen molar-refractivity contribution in [3.05, 3.63) is 66.0 Å². The van der Waals surface area contributed by atoms with Crippen LogP contribution >= 0.6 is 0 Å². The Labute approximate surface area is 229 Å². The summed E-state index contributed by atoms with van der Waals surface area (Å²) in [7, 11) is 1.56. The van der Waals surface area contributed by atoms with E-state index in [0.717, 1.165) is 5.56 Å². The SMILES string of the molecule is COc1ccc(-c2n[nH]c3cc(O)c(-c4nnc(C(=O)NCC(F)(F)F)n4Cc4ccc5c(c4)OCO5)cc23)cc1. The first kappa shape index (κ1) is 26.0. The Bertz CT molecular complexity index is 1760. The van der Waals surface area contributed by atoms with Crippen LogP contribution in [0.3, 0.4) is 0 Å². The van der Waals surface area contributed by atoms with E-state index in [1.54, 1.807) is 43.5 Å². The molecule has 3 heterocycles. The third-order valence-electron chi connectivity index (χ3n) is 6.46. The van der Waals surface area contributed by atoms with Gasteiger partial charge in [-0.25, -0.2) is 0 Å². The summed E-state index contributed by atoms with van der Waals surface area (Å²) < 4.78 is 55.8. The molecular weight excluding hydrogens is 545 g/mol. The number of amides is 1. The summed E-state index contributed by atoms with van der Waals surface area (Å²) in [4.78, 5) is 12.8. The minimum atomic E-state index is -4.62. The smallest absolute Gasteiger partial charge is 0.405 e. The van der Waals surface area contributed by atoms with Crippen LogP contribution in [-0.2, 0) is 6.54 Å². The number of halogens is 3. The van der Waals surface area contributed by atoms with Crippen LogP contribution < -0.4 is 19.5 Å². The number of benzene rings is 3. The second-order valence-corrected chi connectivity index (χ2v) is 9.13. The number of rotatable bonds is 7. The molecule has 3 N–H and O–H groups in total. The van der Waals surface area contributed by atoms with Crippen molar-refractivity contribution in [1.29, 1.82) is 0 Å². The number of aromatic nitrogens is 5. The molecule has 210 valence electrons. The number of alkyl halides is 3. The van der Waals surface area contributed by atoms with Crippen molar-refractivity contribution in [1.82, 2.24) is 30.3 Å². The molecule has 0 radical (unpaired) electrons. The van der Waals surface area contributed by atoms with E-state index in [1.807, 2.05) is 17.4 Å². The normalized spacial score (nSPS) is 12.6. The van der Waals surface area contributed by atoms with Gasteiger partial charge < -0.3 is 24.6 Å². The highest BCUT2D eigenvalue weighted by Crippen LogP contribution is 2.37. The Hall–Kier alpha value is -5.27. The number of nitrogens with zero attached hydrogens (tertiary/aromatic N) is 4. The number of aromatic amines is 1. The van der Waals surface area contributed by atoms with Crippen LogP contribution in [-0.4, -0.2) is 62.6 Å². The fraction of sp³-hybridized carbons (Fsp3) is 0.185. The van der Waals surface area contributed by atoms with E-state index in [1.165, 1.54) is 10.6 Å². The summed E-state index contributed by atoms with van der Waals surface area (Å²) >= 11 is 0. The van der Waals surface area contributed by atoms with Crippen LogP contribution in [0.25, 0.3) is 33.5 Å². The van der Waals surface area contributed by atoms with E-state index in [4.69, 9.17) is 14.2 Å². The fourth-order valence-corrected chi connectivity index (χ4v) is 4.50. The number of nitrogens with one attached hydrogen (secondary N) is 2. The molecule has 0 fully saturated rings. The maximum absolute atomic E-state index is 12.8. The summed E-state index contributed by atoms with van der Waals surface area (Å²) in [5.41, 5.74) is 2.69. The maximum Gasteiger partial charge on any atom is 0.405 e. The van der Waals surface area contributed by atoms with Gasteiger partial charge in [0.2, 0.25) is 12.6 Å². The third-order valence-corrected chi connectivity index (χ3v) is 6.46. The number of aromatic hydroxyl groups is 1. The van der Waals surface area contributed by atoms with Gasteiger partial charge in [0.1, 0.15) is 18.0 Å². The van der Waals surface area contributed by atoms with Crippen molar-refractivity contribution in [3.8, 4) is 45.6 Å². The van der Waals surface area contributed by atoms with Crippen LogP contribution in [0.2, 0.25) is 0 Å². The lowest BCUT2D eigenvalue weighted by molar-refractivity contribution is -0.123. The molecule has 1 aliphatic heterocycles. The zero-order valence-electron chi connectivity index (χ0n) is 21.3. The van der Waals surface area contributed by atoms with Gasteiger partial charge >= 0.3 is 6.18 Å². The van der Waals surface area contributed by atoms with E-state index in [-0.39, 0.29) is 36.3 Å². The zero-order chi connectivity index (χ0) is 28.7. The first-order valence-corrected chi connectivity index (χ1v) is 12.2. The predicted molar refractivity (Wildman–Crippen MR) is 139 cm³/mol. The number of ether oxygens (including phenoxy) is 3. The Kier molecular flexibility index (Phi) is 6.36. The number of phenols is 1. The molecule has 5 aromatic rings. The van der Waals surface area contributed by atoms with Crippen LogP contribution in [0.15, 0.2) is 54.6 Å². The quantitative estimate of drug-likeness (QED) is 0.266. The van der Waals surface area contributed by atoms with Crippen molar-refractivity contribution < 1.29 is 37.3 Å². The van der Waals surface area contributed by atoms with Crippen LogP contribution in [0, 0.1) is 0 Å². The summed E-state index contributed by atoms with van der Waals surface area (Å²) in [6.07, 6.45) is -4.62. The highest BCUT2D eigenvalue weighted by Gasteiger charge is 2.30. The Balaban J connectivity index is 1.44. The van der Waals surface area contributed by atoms with Gasteiger partial charge in [-0.1, -0.05) is 6.07 Å². The molecule has 0 atom stereocenters. The molecule has 41 heavy (non-hydrogen) atoms. The molecule has 0 unspecified atom stereocenters. The highest BCUT2D eigenvalue weighted by molar-refractivity contribution is 5.97. The lowest BCUT2D eigenvalue weighted by Crippen LogP contribution is -2.35. The molecule has 11 nitrogen and oxygen atoms in total. The van der Waals surface area contributed by atoms with Gasteiger partial charge in [-0.05, 0) is 48.0 Å². The number of carbonyl (C=O) groups excluding carboxylic acids is 1. The van der Waals surface area contributed by atoms with Crippen LogP contribution in [0.1, 0.15) is 16.2 Å². The molecule has 0 saturated heterocycles. The average Bonchev–Trinajstić information content (AvgIpc) is 3.69. The first-order chi connectivity index (χ1) is 19.7. The highest BCUT2D eigenvalue weighted by atomic mass is 19.4. The molecule has 0 aliphatic carbocycles. The topological polar surface area (TPSA) is 136 Å². The monoisotopic (exact) mass is 566 g/mol. The van der Waals surface area contributed by atoms with Crippen molar-refractivity contribution in [2.45, 2.75) is 12.7 Å². The molecular formula is C27H21F3N6O5. The van der Waals surface area contributed by atoms with Crippen molar-refractivity contribution in [3.63, 3.8) is 0 Å². The molecule has 2 aromatic heterocycles. The first-order valence-electron chi connectivity index (χ1n) is 12.2. The average molecular weight is 566 g/mol. The summed E-state index contributed by atoms with van der Waals surface area (Å²) in [5, 5.41) is 28.7. The standard InChI is InChI=1S/C27H21F3N6O5/c1-39-16-5-3-15(4-6-16)23-17-9-18(20(37)10-19(17)32-33-23)24-34-35-25(26(38)31-12-27(28,29)30)36(24)11-14-2-7-21-22(8-14)41-13-40-21/h2-10,37H,11-13H2,1H3,(H,31,38)(H,32,33). The number of hydrogen-bond donors (Lipinski definition) is 3. The van der Waals surface area contributed by atoms with Crippen molar-refractivity contribution >= 4 is 16.8 Å². The number of hydrogen-bond acceptors (Lipinski definition) is 8. The Morgan fingerprint density at radius 2 is 1.88 bits per heavy atom. The van der Waals surface area contributed by atoms with Crippen LogP contribution in [0.4, 0.5) is 13.2 Å². The van der Waals surface area contributed by atoms with Crippen LogP contribution in [0.5, 0.6) is 23.0 Å². The number of fused-ring (bicyclic) bond motifs is 2. The van der Waals surface area contributed by atoms with Gasteiger partial charge in [0.25, 0.3) is 5.91 Å². The molecule has 0 saturated carbocycles. The lowest BCUT2D eigenvalue weighted by atomic mass is 10.0. The summed E-state index contributed by atoms with van der Waals surface area (Å²) in [5.74, 6) is 0.0839. The minimum Gasteiger partial charge on any atom is -0.507 e. The second-order valence-electron chi connectivity index (χ2n) is 9.13. The number of phenolic OH excluding ortho intramolecular Hbond substituents is 1. The predicted octanol–water partition coefficient (Wildman–Crippen LogP) is 4.27. The van der Waals surface area contributed by atoms with E-state index < -0.39 is 18.6 Å². The molecule has 6 rings (SSSR count). The van der Waals surface area contributed by atoms with Crippen molar-refractivity contribution in [2.75, 3.05) is 20.4 Å².